The van der Waals surface area contributed by atoms with Crippen LogP contribution in [0.1, 0.15) is 34.6 Å². The molecule has 0 saturated heterocycles. The summed E-state index contributed by atoms with van der Waals surface area (Å²) in [5, 5.41) is -0.241. The summed E-state index contributed by atoms with van der Waals surface area (Å²) in [6.07, 6.45) is 0. The van der Waals surface area contributed by atoms with Crippen LogP contribution in [-0.2, 0) is 18.0 Å². The molecule has 1 unspecified atom stereocenters. The van der Waals surface area contributed by atoms with Gasteiger partial charge >= 0.3 is 0 Å². The van der Waals surface area contributed by atoms with Gasteiger partial charge in [-0.3, -0.25) is 0 Å². The van der Waals surface area contributed by atoms with Crippen LogP contribution in [0.5, 0.6) is 5.75 Å². The number of fused-ring (bicyclic) bond motifs is 1. The Bertz CT molecular complexity index is 657. The molecule has 0 fully saturated rings. The topological polar surface area (TPSA) is 18.5 Å². The Morgan fingerprint density at radius 1 is 1.19 bits per heavy atom. The molecule has 0 radical (unpaired) electrons. The molecule has 21 heavy (non-hydrogen) atoms. The molecule has 0 amide bonds. The predicted octanol–water partition coefficient (Wildman–Crippen LogP) is 5.21. The summed E-state index contributed by atoms with van der Waals surface area (Å²) in [6, 6.07) is 12.2. The summed E-state index contributed by atoms with van der Waals surface area (Å²) < 4.78 is 12.2. The Morgan fingerprint density at radius 3 is 2.81 bits per heavy atom. The zero-order valence-corrected chi connectivity index (χ0v) is 14.1. The lowest BCUT2D eigenvalue weighted by Crippen LogP contribution is -2.01. The molecule has 1 aliphatic rings. The highest BCUT2D eigenvalue weighted by molar-refractivity contribution is 9.10. The number of hydrogen-bond acceptors (Lipinski definition) is 2. The highest BCUT2D eigenvalue weighted by Gasteiger charge is 2.19. The maximum absolute atomic E-state index is 6.70. The molecule has 0 aromatic heterocycles. The predicted molar refractivity (Wildman–Crippen MR) is 87.9 cm³/mol. The van der Waals surface area contributed by atoms with E-state index in [9.17, 15) is 0 Å². The van der Waals surface area contributed by atoms with Gasteiger partial charge in [0.1, 0.15) is 5.75 Å². The van der Waals surface area contributed by atoms with Gasteiger partial charge in [0.15, 0.2) is 0 Å². The molecule has 0 N–H and O–H groups in total. The van der Waals surface area contributed by atoms with Crippen LogP contribution >= 0.6 is 27.5 Å². The zero-order chi connectivity index (χ0) is 14.8. The fourth-order valence-electron chi connectivity index (χ4n) is 2.53. The van der Waals surface area contributed by atoms with E-state index < -0.39 is 0 Å². The quantitative estimate of drug-likeness (QED) is 0.691. The van der Waals surface area contributed by atoms with E-state index in [0.29, 0.717) is 19.8 Å². The van der Waals surface area contributed by atoms with Gasteiger partial charge < -0.3 is 9.47 Å². The Kier molecular flexibility index (Phi) is 4.53. The van der Waals surface area contributed by atoms with Crippen LogP contribution in [-0.4, -0.2) is 6.61 Å². The van der Waals surface area contributed by atoms with Gasteiger partial charge in [-0.1, -0.05) is 34.1 Å². The average Bonchev–Trinajstić information content (AvgIpc) is 2.96. The smallest absolute Gasteiger partial charge is 0.124 e. The molecule has 1 atom stereocenters. The van der Waals surface area contributed by atoms with E-state index in [-0.39, 0.29) is 5.38 Å². The highest BCUT2D eigenvalue weighted by Crippen LogP contribution is 2.38. The molecule has 2 aromatic carbocycles. The Morgan fingerprint density at radius 2 is 2.00 bits per heavy atom. The van der Waals surface area contributed by atoms with E-state index in [0.717, 1.165) is 21.3 Å². The molecule has 3 rings (SSSR count). The molecule has 1 heterocycles. The van der Waals surface area contributed by atoms with Crippen molar-refractivity contribution in [2.45, 2.75) is 25.5 Å². The lowest BCUT2D eigenvalue weighted by molar-refractivity contribution is 0.134. The second-order valence-corrected chi connectivity index (χ2v) is 6.35. The summed E-state index contributed by atoms with van der Waals surface area (Å²) in [6.45, 7) is 3.96. The normalized spacial score (nSPS) is 14.8. The van der Waals surface area contributed by atoms with Gasteiger partial charge in [0.2, 0.25) is 0 Å². The van der Waals surface area contributed by atoms with Crippen molar-refractivity contribution in [1.82, 2.24) is 0 Å². The molecule has 0 spiro atoms. The van der Waals surface area contributed by atoms with Crippen molar-refractivity contribution in [3.63, 3.8) is 0 Å². The van der Waals surface area contributed by atoms with E-state index in [2.05, 4.69) is 34.1 Å². The van der Waals surface area contributed by atoms with Crippen LogP contribution in [0, 0.1) is 0 Å². The minimum atomic E-state index is -0.241. The second kappa shape index (κ2) is 6.39. The van der Waals surface area contributed by atoms with Gasteiger partial charge in [-0.25, -0.2) is 0 Å². The van der Waals surface area contributed by atoms with Crippen molar-refractivity contribution in [3.8, 4) is 5.75 Å². The number of ether oxygens (including phenoxy) is 2. The van der Waals surface area contributed by atoms with Gasteiger partial charge in [-0.2, -0.15) is 0 Å². The van der Waals surface area contributed by atoms with Crippen molar-refractivity contribution in [1.29, 1.82) is 0 Å². The summed E-state index contributed by atoms with van der Waals surface area (Å²) >= 11 is 10.2. The van der Waals surface area contributed by atoms with Gasteiger partial charge in [0.25, 0.3) is 0 Å². The highest BCUT2D eigenvalue weighted by atomic mass is 79.9. The molecule has 0 aliphatic carbocycles. The lowest BCUT2D eigenvalue weighted by atomic mass is 9.99. The summed E-state index contributed by atoms with van der Waals surface area (Å²) in [5.41, 5.74) is 4.53. The van der Waals surface area contributed by atoms with Crippen LogP contribution in [0.2, 0.25) is 0 Å². The van der Waals surface area contributed by atoms with E-state index in [1.165, 1.54) is 11.1 Å². The Balaban J connectivity index is 1.97. The van der Waals surface area contributed by atoms with Crippen LogP contribution in [0.3, 0.4) is 0 Å². The molecule has 4 heteroatoms. The van der Waals surface area contributed by atoms with Crippen LogP contribution in [0.25, 0.3) is 0 Å². The monoisotopic (exact) mass is 366 g/mol. The van der Waals surface area contributed by atoms with E-state index in [4.69, 9.17) is 21.1 Å². The van der Waals surface area contributed by atoms with Crippen molar-refractivity contribution >= 4 is 27.5 Å². The summed E-state index contributed by atoms with van der Waals surface area (Å²) in [7, 11) is 0. The average molecular weight is 368 g/mol. The van der Waals surface area contributed by atoms with Crippen LogP contribution in [0.15, 0.2) is 40.9 Å². The van der Waals surface area contributed by atoms with E-state index >= 15 is 0 Å². The van der Waals surface area contributed by atoms with E-state index in [1.807, 2.05) is 25.1 Å². The molecule has 0 saturated carbocycles. The van der Waals surface area contributed by atoms with Crippen LogP contribution < -0.4 is 4.74 Å². The van der Waals surface area contributed by atoms with Gasteiger partial charge in [-0.05, 0) is 41.8 Å². The molecular weight excluding hydrogens is 352 g/mol. The largest absolute Gasteiger partial charge is 0.494 e. The van der Waals surface area contributed by atoms with E-state index in [1.54, 1.807) is 0 Å². The first-order chi connectivity index (χ1) is 10.2. The van der Waals surface area contributed by atoms with Gasteiger partial charge in [-0.15, -0.1) is 11.6 Å². The third-order valence-corrected chi connectivity index (χ3v) is 4.56. The maximum atomic E-state index is 6.70. The van der Waals surface area contributed by atoms with Gasteiger partial charge in [0.05, 0.1) is 25.2 Å². The lowest BCUT2D eigenvalue weighted by Gasteiger charge is -2.16. The number of rotatable bonds is 4. The molecular formula is C17H16BrClO2. The molecule has 1 aliphatic heterocycles. The van der Waals surface area contributed by atoms with Crippen LogP contribution in [0.4, 0.5) is 0 Å². The van der Waals surface area contributed by atoms with Gasteiger partial charge in [0, 0.05) is 10.0 Å². The van der Waals surface area contributed by atoms with Crippen molar-refractivity contribution < 1.29 is 9.47 Å². The maximum Gasteiger partial charge on any atom is 0.124 e. The first-order valence-electron chi connectivity index (χ1n) is 6.94. The minimum absolute atomic E-state index is 0.241. The SMILES string of the molecule is CCOc1ccc(Br)cc1C(Cl)c1ccc2c(c1)COC2. The number of hydrogen-bond donors (Lipinski definition) is 0. The Hall–Kier alpha value is -1.03. The fraction of sp³-hybridized carbons (Fsp3) is 0.294. The van der Waals surface area contributed by atoms with Crippen molar-refractivity contribution in [2.75, 3.05) is 6.61 Å². The van der Waals surface area contributed by atoms with Crippen molar-refractivity contribution in [2.24, 2.45) is 0 Å². The molecule has 2 nitrogen and oxygen atoms in total. The second-order valence-electron chi connectivity index (χ2n) is 5.00. The number of alkyl halides is 1. The number of benzene rings is 2. The first-order valence-corrected chi connectivity index (χ1v) is 8.17. The number of halogens is 2. The molecule has 0 bridgehead atoms. The summed E-state index contributed by atoms with van der Waals surface area (Å²) in [5.74, 6) is 0.831. The summed E-state index contributed by atoms with van der Waals surface area (Å²) in [4.78, 5) is 0. The Labute approximate surface area is 138 Å². The molecule has 2 aromatic rings. The standard InChI is InChI=1S/C17H16BrClO2/c1-2-21-16-6-5-14(18)8-15(16)17(19)11-3-4-12-9-20-10-13(12)7-11/h3-8,17H,2,9-10H2,1H3. The zero-order valence-electron chi connectivity index (χ0n) is 11.7. The third kappa shape index (κ3) is 3.10. The minimum Gasteiger partial charge on any atom is -0.494 e. The third-order valence-electron chi connectivity index (χ3n) is 3.58. The van der Waals surface area contributed by atoms with Crippen molar-refractivity contribution in [3.05, 3.63) is 63.1 Å². The first kappa shape index (κ1) is 14.9. The molecule has 110 valence electrons. The fourth-order valence-corrected chi connectivity index (χ4v) is 3.22.